The zero-order valence-corrected chi connectivity index (χ0v) is 13.5. The Hall–Kier alpha value is -1.64. The number of benzene rings is 2. The molecule has 0 saturated carbocycles. The molecule has 2 nitrogen and oxygen atoms in total. The third-order valence-electron chi connectivity index (χ3n) is 4.15. The summed E-state index contributed by atoms with van der Waals surface area (Å²) in [6, 6.07) is 21.8. The van der Waals surface area contributed by atoms with Crippen molar-refractivity contribution < 1.29 is 5.11 Å². The van der Waals surface area contributed by atoms with E-state index in [1.165, 1.54) is 11.1 Å². The van der Waals surface area contributed by atoms with Gasteiger partial charge in [0.25, 0.3) is 0 Å². The minimum absolute atomic E-state index is 0.261. The van der Waals surface area contributed by atoms with Gasteiger partial charge in [0.15, 0.2) is 0 Å². The van der Waals surface area contributed by atoms with E-state index in [-0.39, 0.29) is 6.61 Å². The second-order valence-electron chi connectivity index (χ2n) is 5.91. The van der Waals surface area contributed by atoms with E-state index in [4.69, 9.17) is 5.11 Å². The summed E-state index contributed by atoms with van der Waals surface area (Å²) in [6.45, 7) is 4.46. The van der Waals surface area contributed by atoms with Crippen LogP contribution in [0.2, 0.25) is 0 Å². The molecule has 22 heavy (non-hydrogen) atoms. The maximum absolute atomic E-state index is 9.14. The first-order valence-corrected chi connectivity index (χ1v) is 8.22. The third kappa shape index (κ3) is 5.63. The van der Waals surface area contributed by atoms with Gasteiger partial charge in [0, 0.05) is 25.7 Å². The van der Waals surface area contributed by atoms with Gasteiger partial charge in [-0.15, -0.1) is 0 Å². The fourth-order valence-electron chi connectivity index (χ4n) is 2.75. The van der Waals surface area contributed by atoms with Crippen LogP contribution >= 0.6 is 0 Å². The maximum Gasteiger partial charge on any atom is 0.0443 e. The van der Waals surface area contributed by atoms with Gasteiger partial charge in [0.05, 0.1) is 0 Å². The van der Waals surface area contributed by atoms with Crippen LogP contribution in [0.25, 0.3) is 0 Å². The molecule has 118 valence electrons. The van der Waals surface area contributed by atoms with Gasteiger partial charge < -0.3 is 5.11 Å². The Bertz CT molecular complexity index is 512. The van der Waals surface area contributed by atoms with Gasteiger partial charge in [-0.1, -0.05) is 60.7 Å². The number of rotatable bonds is 9. The average Bonchev–Trinajstić information content (AvgIpc) is 2.58. The molecule has 2 heteroatoms. The van der Waals surface area contributed by atoms with Gasteiger partial charge in [-0.05, 0) is 37.3 Å². The number of aliphatic hydroxyl groups excluding tert-OH is 1. The van der Waals surface area contributed by atoms with E-state index in [2.05, 4.69) is 72.5 Å². The van der Waals surface area contributed by atoms with E-state index in [0.29, 0.717) is 6.04 Å². The summed E-state index contributed by atoms with van der Waals surface area (Å²) in [5.74, 6) is 0. The van der Waals surface area contributed by atoms with Crippen molar-refractivity contribution in [2.75, 3.05) is 13.2 Å². The Morgan fingerprint density at radius 1 is 0.909 bits per heavy atom. The summed E-state index contributed by atoms with van der Waals surface area (Å²) in [4.78, 5) is 2.48. The van der Waals surface area contributed by atoms with E-state index < -0.39 is 0 Å². The molecule has 0 aliphatic heterocycles. The van der Waals surface area contributed by atoms with Crippen LogP contribution < -0.4 is 0 Å². The van der Waals surface area contributed by atoms with Crippen molar-refractivity contribution in [3.05, 3.63) is 71.8 Å². The lowest BCUT2D eigenvalue weighted by atomic mass is 10.0. The first kappa shape index (κ1) is 16.7. The van der Waals surface area contributed by atoms with Gasteiger partial charge in [0.1, 0.15) is 0 Å². The SMILES string of the molecule is CC(CCc1ccccc1)N(CCCO)Cc1ccccc1. The van der Waals surface area contributed by atoms with Crippen molar-refractivity contribution in [1.29, 1.82) is 0 Å². The molecule has 0 aliphatic carbocycles. The van der Waals surface area contributed by atoms with E-state index in [1.54, 1.807) is 0 Å². The lowest BCUT2D eigenvalue weighted by Gasteiger charge is -2.29. The Kier molecular flexibility index (Phi) is 7.14. The molecule has 1 atom stereocenters. The summed E-state index contributed by atoms with van der Waals surface area (Å²) >= 11 is 0. The highest BCUT2D eigenvalue weighted by molar-refractivity contribution is 5.16. The summed E-state index contributed by atoms with van der Waals surface area (Å²) in [5, 5.41) is 9.14. The van der Waals surface area contributed by atoms with Crippen molar-refractivity contribution in [2.24, 2.45) is 0 Å². The average molecular weight is 297 g/mol. The molecule has 0 fully saturated rings. The van der Waals surface area contributed by atoms with Crippen LogP contribution in [0.15, 0.2) is 60.7 Å². The molecule has 1 unspecified atom stereocenters. The molecule has 0 radical (unpaired) electrons. The van der Waals surface area contributed by atoms with Crippen molar-refractivity contribution >= 4 is 0 Å². The highest BCUT2D eigenvalue weighted by Crippen LogP contribution is 2.14. The molecule has 0 bridgehead atoms. The van der Waals surface area contributed by atoms with Gasteiger partial charge in [-0.3, -0.25) is 4.90 Å². The van der Waals surface area contributed by atoms with E-state index in [9.17, 15) is 0 Å². The summed E-state index contributed by atoms with van der Waals surface area (Å²) in [5.41, 5.74) is 2.74. The number of hydrogen-bond donors (Lipinski definition) is 1. The van der Waals surface area contributed by atoms with Crippen molar-refractivity contribution in [3.63, 3.8) is 0 Å². The predicted octanol–water partition coefficient (Wildman–Crippen LogP) is 3.89. The predicted molar refractivity (Wildman–Crippen MR) is 92.8 cm³/mol. The highest BCUT2D eigenvalue weighted by atomic mass is 16.3. The van der Waals surface area contributed by atoms with Gasteiger partial charge in [-0.2, -0.15) is 0 Å². The molecule has 0 aromatic heterocycles. The molecule has 2 aromatic rings. The van der Waals surface area contributed by atoms with Gasteiger partial charge in [-0.25, -0.2) is 0 Å². The highest BCUT2D eigenvalue weighted by Gasteiger charge is 2.14. The third-order valence-corrected chi connectivity index (χ3v) is 4.15. The molecule has 2 aromatic carbocycles. The van der Waals surface area contributed by atoms with Crippen LogP contribution in [-0.4, -0.2) is 29.2 Å². The zero-order chi connectivity index (χ0) is 15.6. The maximum atomic E-state index is 9.14. The summed E-state index contributed by atoms with van der Waals surface area (Å²) < 4.78 is 0. The Morgan fingerprint density at radius 3 is 2.09 bits per heavy atom. The minimum atomic E-state index is 0.261. The summed E-state index contributed by atoms with van der Waals surface area (Å²) in [6.07, 6.45) is 3.08. The monoisotopic (exact) mass is 297 g/mol. The summed E-state index contributed by atoms with van der Waals surface area (Å²) in [7, 11) is 0. The quantitative estimate of drug-likeness (QED) is 0.759. The second kappa shape index (κ2) is 9.39. The molecular weight excluding hydrogens is 270 g/mol. The number of aryl methyl sites for hydroxylation is 1. The normalized spacial score (nSPS) is 12.5. The molecular formula is C20H27NO. The first-order valence-electron chi connectivity index (χ1n) is 8.22. The van der Waals surface area contributed by atoms with Crippen LogP contribution in [-0.2, 0) is 13.0 Å². The van der Waals surface area contributed by atoms with Crippen LogP contribution in [0.5, 0.6) is 0 Å². The van der Waals surface area contributed by atoms with E-state index >= 15 is 0 Å². The van der Waals surface area contributed by atoms with Gasteiger partial charge >= 0.3 is 0 Å². The van der Waals surface area contributed by atoms with E-state index in [1.807, 2.05) is 0 Å². The smallest absolute Gasteiger partial charge is 0.0443 e. The molecule has 1 N–H and O–H groups in total. The van der Waals surface area contributed by atoms with Crippen molar-refractivity contribution in [1.82, 2.24) is 4.90 Å². The minimum Gasteiger partial charge on any atom is -0.396 e. The first-order chi connectivity index (χ1) is 10.8. The fraction of sp³-hybridized carbons (Fsp3) is 0.400. The lowest BCUT2D eigenvalue weighted by molar-refractivity contribution is 0.169. The molecule has 0 heterocycles. The van der Waals surface area contributed by atoms with Crippen LogP contribution in [0.3, 0.4) is 0 Å². The molecule has 0 amide bonds. The molecule has 0 aliphatic rings. The lowest BCUT2D eigenvalue weighted by Crippen LogP contribution is -2.34. The van der Waals surface area contributed by atoms with Crippen LogP contribution in [0.1, 0.15) is 30.9 Å². The fourth-order valence-corrected chi connectivity index (χ4v) is 2.75. The largest absolute Gasteiger partial charge is 0.396 e. The van der Waals surface area contributed by atoms with Crippen molar-refractivity contribution in [3.8, 4) is 0 Å². The standard InChI is InChI=1S/C20H27NO/c1-18(13-14-19-9-4-2-5-10-19)21(15-8-16-22)17-20-11-6-3-7-12-20/h2-7,9-12,18,22H,8,13-17H2,1H3. The molecule has 2 rings (SSSR count). The number of nitrogens with zero attached hydrogens (tertiary/aromatic N) is 1. The molecule has 0 spiro atoms. The Labute approximate surface area is 134 Å². The zero-order valence-electron chi connectivity index (χ0n) is 13.5. The number of aliphatic hydroxyl groups is 1. The number of hydrogen-bond acceptors (Lipinski definition) is 2. The van der Waals surface area contributed by atoms with Crippen LogP contribution in [0.4, 0.5) is 0 Å². The van der Waals surface area contributed by atoms with Crippen molar-refractivity contribution in [2.45, 2.75) is 38.8 Å². The second-order valence-corrected chi connectivity index (χ2v) is 5.91. The van der Waals surface area contributed by atoms with E-state index in [0.717, 1.165) is 32.4 Å². The molecule has 0 saturated heterocycles. The van der Waals surface area contributed by atoms with Crippen LogP contribution in [0, 0.1) is 0 Å². The Morgan fingerprint density at radius 2 is 1.50 bits per heavy atom. The Balaban J connectivity index is 1.92. The van der Waals surface area contributed by atoms with Gasteiger partial charge in [0.2, 0.25) is 0 Å². The topological polar surface area (TPSA) is 23.5 Å².